The second-order valence-electron chi connectivity index (χ2n) is 2.69. The Morgan fingerprint density at radius 3 is 2.71 bits per heavy atom. The normalized spacial score (nSPS) is 17.7. The molecule has 0 spiro atoms. The van der Waals surface area contributed by atoms with Crippen LogP contribution in [0.4, 0.5) is 4.39 Å². The van der Waals surface area contributed by atoms with Crippen LogP contribution >= 0.6 is 11.6 Å². The number of halogens is 2. The molecule has 4 nitrogen and oxygen atoms in total. The third kappa shape index (κ3) is 1.11. The molecule has 0 amide bonds. The zero-order chi connectivity index (χ0) is 10.5. The molecule has 2 rings (SSSR count). The number of benzene rings is 1. The summed E-state index contributed by atoms with van der Waals surface area (Å²) in [6.45, 7) is 0. The molecule has 0 unspecified atom stereocenters. The van der Waals surface area contributed by atoms with Crippen LogP contribution in [0.25, 0.3) is 0 Å². The van der Waals surface area contributed by atoms with E-state index in [0.29, 0.717) is 0 Å². The van der Waals surface area contributed by atoms with Gasteiger partial charge in [0, 0.05) is 5.56 Å². The molecule has 1 aromatic rings. The highest BCUT2D eigenvalue weighted by Crippen LogP contribution is 2.33. The Morgan fingerprint density at radius 1 is 1.43 bits per heavy atom. The number of hydrogen-bond acceptors (Lipinski definition) is 3. The van der Waals surface area contributed by atoms with E-state index in [9.17, 15) is 12.8 Å². The van der Waals surface area contributed by atoms with Crippen LogP contribution in [0.15, 0.2) is 21.4 Å². The van der Waals surface area contributed by atoms with Gasteiger partial charge in [0.25, 0.3) is 10.0 Å². The van der Waals surface area contributed by atoms with E-state index >= 15 is 0 Å². The molecule has 0 saturated carbocycles. The Kier molecular flexibility index (Phi) is 1.80. The van der Waals surface area contributed by atoms with Crippen LogP contribution in [0, 0.1) is 5.82 Å². The summed E-state index contributed by atoms with van der Waals surface area (Å²) in [7, 11) is -3.92. The molecule has 14 heavy (non-hydrogen) atoms. The maximum absolute atomic E-state index is 13.0. The van der Waals surface area contributed by atoms with E-state index in [2.05, 4.69) is 4.40 Å². The molecule has 1 heterocycles. The lowest BCUT2D eigenvalue weighted by Gasteiger charge is -2.00. The van der Waals surface area contributed by atoms with Crippen LogP contribution in [-0.2, 0) is 10.0 Å². The Labute approximate surface area is 84.3 Å². The third-order valence-corrected chi connectivity index (χ3v) is 3.66. The lowest BCUT2D eigenvalue weighted by molar-refractivity contribution is 0.594. The second-order valence-corrected chi connectivity index (χ2v) is 4.61. The molecule has 1 aliphatic heterocycles. The highest BCUT2D eigenvalue weighted by atomic mass is 35.5. The Hall–Kier alpha value is -1.14. The van der Waals surface area contributed by atoms with Gasteiger partial charge in [0.1, 0.15) is 16.5 Å². The van der Waals surface area contributed by atoms with Gasteiger partial charge in [-0.3, -0.25) is 0 Å². The van der Waals surface area contributed by atoms with E-state index < -0.39 is 20.9 Å². The van der Waals surface area contributed by atoms with Crippen molar-refractivity contribution in [1.29, 1.82) is 0 Å². The van der Waals surface area contributed by atoms with Crippen molar-refractivity contribution in [2.24, 2.45) is 10.1 Å². The van der Waals surface area contributed by atoms with Crippen molar-refractivity contribution in [1.82, 2.24) is 0 Å². The highest BCUT2D eigenvalue weighted by Gasteiger charge is 2.31. The molecule has 0 aliphatic carbocycles. The number of sulfonamides is 1. The van der Waals surface area contributed by atoms with Crippen LogP contribution in [0.3, 0.4) is 0 Å². The molecule has 0 saturated heterocycles. The lowest BCUT2D eigenvalue weighted by Crippen LogP contribution is -2.10. The maximum atomic E-state index is 13.0. The lowest BCUT2D eigenvalue weighted by atomic mass is 10.2. The number of fused-ring (bicyclic) bond motifs is 1. The fourth-order valence-electron chi connectivity index (χ4n) is 1.21. The monoisotopic (exact) mass is 234 g/mol. The Morgan fingerprint density at radius 2 is 2.07 bits per heavy atom. The Balaban J connectivity index is 2.91. The summed E-state index contributed by atoms with van der Waals surface area (Å²) < 4.78 is 38.8. The molecular formula is C7H4ClFN2O2S. The van der Waals surface area contributed by atoms with Gasteiger partial charge < -0.3 is 5.73 Å². The standard InChI is InChI=1S/C7H4ClFN2O2S/c8-5-4(9)2-1-3-6(5)14(12,13)11-7(3)10/h1-2H,(H2,10,11). The van der Waals surface area contributed by atoms with Crippen LogP contribution in [0.5, 0.6) is 0 Å². The molecule has 0 radical (unpaired) electrons. The molecule has 0 aromatic heterocycles. The molecular weight excluding hydrogens is 231 g/mol. The summed E-state index contributed by atoms with van der Waals surface area (Å²) >= 11 is 5.51. The minimum absolute atomic E-state index is 0.149. The predicted molar refractivity (Wildman–Crippen MR) is 49.3 cm³/mol. The first-order valence-corrected chi connectivity index (χ1v) is 5.34. The Bertz CT molecular complexity index is 553. The molecule has 74 valence electrons. The SMILES string of the molecule is NC1=NS(=O)(=O)c2c1ccc(F)c2Cl. The zero-order valence-corrected chi connectivity index (χ0v) is 8.23. The maximum Gasteiger partial charge on any atom is 0.286 e. The fourth-order valence-corrected chi connectivity index (χ4v) is 2.89. The predicted octanol–water partition coefficient (Wildman–Crippen LogP) is 0.887. The van der Waals surface area contributed by atoms with E-state index in [1.54, 1.807) is 0 Å². The molecule has 0 fully saturated rings. The van der Waals surface area contributed by atoms with Crippen LogP contribution < -0.4 is 5.73 Å². The topological polar surface area (TPSA) is 72.5 Å². The van der Waals surface area contributed by atoms with Gasteiger partial charge in [-0.1, -0.05) is 11.6 Å². The number of nitrogens with zero attached hydrogens (tertiary/aromatic N) is 1. The van der Waals surface area contributed by atoms with E-state index in [0.717, 1.165) is 6.07 Å². The number of nitrogens with two attached hydrogens (primary N) is 1. The van der Waals surface area contributed by atoms with Gasteiger partial charge in [0.05, 0.1) is 5.02 Å². The molecule has 1 aromatic carbocycles. The van der Waals surface area contributed by atoms with Crippen molar-refractivity contribution in [3.8, 4) is 0 Å². The molecule has 0 atom stereocenters. The first kappa shape index (κ1) is 9.42. The number of hydrogen-bond donors (Lipinski definition) is 1. The zero-order valence-electron chi connectivity index (χ0n) is 6.66. The summed E-state index contributed by atoms with van der Waals surface area (Å²) in [4.78, 5) is -0.350. The largest absolute Gasteiger partial charge is 0.382 e. The average Bonchev–Trinajstić information content (AvgIpc) is 2.29. The van der Waals surface area contributed by atoms with Gasteiger partial charge in [-0.25, -0.2) is 4.39 Å². The van der Waals surface area contributed by atoms with E-state index in [1.165, 1.54) is 6.07 Å². The second kappa shape index (κ2) is 2.68. The van der Waals surface area contributed by atoms with Crippen LogP contribution in [0.1, 0.15) is 5.56 Å². The van der Waals surface area contributed by atoms with Gasteiger partial charge in [0.15, 0.2) is 0 Å². The minimum Gasteiger partial charge on any atom is -0.382 e. The van der Waals surface area contributed by atoms with E-state index in [1.807, 2.05) is 0 Å². The van der Waals surface area contributed by atoms with Crippen molar-refractivity contribution in [2.75, 3.05) is 0 Å². The van der Waals surface area contributed by atoms with Gasteiger partial charge >= 0.3 is 0 Å². The molecule has 2 N–H and O–H groups in total. The van der Waals surface area contributed by atoms with Gasteiger partial charge in [-0.05, 0) is 12.1 Å². The first-order chi connectivity index (χ1) is 6.43. The van der Waals surface area contributed by atoms with E-state index in [-0.39, 0.29) is 16.3 Å². The van der Waals surface area contributed by atoms with Crippen molar-refractivity contribution in [2.45, 2.75) is 4.90 Å². The quantitative estimate of drug-likeness (QED) is 0.725. The highest BCUT2D eigenvalue weighted by molar-refractivity contribution is 7.91. The summed E-state index contributed by atoms with van der Waals surface area (Å²) in [6.07, 6.45) is 0. The molecule has 0 bridgehead atoms. The summed E-state index contributed by atoms with van der Waals surface area (Å²) in [5.74, 6) is -0.971. The van der Waals surface area contributed by atoms with Crippen molar-refractivity contribution in [3.63, 3.8) is 0 Å². The third-order valence-electron chi connectivity index (χ3n) is 1.80. The van der Waals surface area contributed by atoms with Crippen LogP contribution in [-0.4, -0.2) is 14.3 Å². The summed E-state index contributed by atoms with van der Waals surface area (Å²) in [5, 5.41) is -0.466. The number of rotatable bonds is 0. The minimum atomic E-state index is -3.92. The van der Waals surface area contributed by atoms with Crippen molar-refractivity contribution < 1.29 is 12.8 Å². The van der Waals surface area contributed by atoms with Gasteiger partial charge in [-0.15, -0.1) is 4.40 Å². The van der Waals surface area contributed by atoms with Gasteiger partial charge in [-0.2, -0.15) is 8.42 Å². The first-order valence-electron chi connectivity index (χ1n) is 3.52. The molecule has 7 heteroatoms. The van der Waals surface area contributed by atoms with Crippen LogP contribution in [0.2, 0.25) is 5.02 Å². The molecule has 1 aliphatic rings. The van der Waals surface area contributed by atoms with Gasteiger partial charge in [0.2, 0.25) is 0 Å². The summed E-state index contributed by atoms with van der Waals surface area (Å²) in [5.41, 5.74) is 5.48. The summed E-state index contributed by atoms with van der Waals surface area (Å²) in [6, 6.07) is 2.28. The van der Waals surface area contributed by atoms with E-state index in [4.69, 9.17) is 17.3 Å². The average molecular weight is 235 g/mol. The number of amidine groups is 1. The van der Waals surface area contributed by atoms with Crippen molar-refractivity contribution in [3.05, 3.63) is 28.5 Å². The smallest absolute Gasteiger partial charge is 0.286 e. The fraction of sp³-hybridized carbons (Fsp3) is 0. The van der Waals surface area contributed by atoms with Crippen molar-refractivity contribution >= 4 is 27.5 Å².